The number of nitrogens with one attached hydrogen (secondary N) is 1. The zero-order valence-corrected chi connectivity index (χ0v) is 18.8. The van der Waals surface area contributed by atoms with E-state index in [-0.39, 0.29) is 23.5 Å². The van der Waals surface area contributed by atoms with Gasteiger partial charge in [0.15, 0.2) is 0 Å². The first kappa shape index (κ1) is 22.2. The number of carbonyl (C=O) groups is 2. The number of nitrogens with zero attached hydrogens (tertiary/aromatic N) is 2. The van der Waals surface area contributed by atoms with Crippen LogP contribution in [0.1, 0.15) is 67.1 Å². The van der Waals surface area contributed by atoms with Crippen molar-refractivity contribution in [2.45, 2.75) is 50.9 Å². The van der Waals surface area contributed by atoms with Crippen molar-refractivity contribution in [3.05, 3.63) is 35.7 Å². The van der Waals surface area contributed by atoms with Gasteiger partial charge in [-0.15, -0.1) is 0 Å². The van der Waals surface area contributed by atoms with Crippen molar-refractivity contribution >= 4 is 17.5 Å². The number of hydrogen-bond acceptors (Lipinski definition) is 6. The summed E-state index contributed by atoms with van der Waals surface area (Å²) in [5.41, 5.74) is 1.23. The average Bonchev–Trinajstić information content (AvgIpc) is 3.35. The number of hydrogen-bond donors (Lipinski definition) is 1. The molecule has 2 aromatic rings. The van der Waals surface area contributed by atoms with Crippen LogP contribution in [0.4, 0.5) is 5.69 Å². The third-order valence-electron chi connectivity index (χ3n) is 6.51. The van der Waals surface area contributed by atoms with E-state index < -0.39 is 5.91 Å². The van der Waals surface area contributed by atoms with E-state index in [1.165, 1.54) is 13.5 Å². The Labute approximate surface area is 188 Å². The van der Waals surface area contributed by atoms with Gasteiger partial charge in [-0.3, -0.25) is 9.59 Å². The van der Waals surface area contributed by atoms with Gasteiger partial charge in [0.25, 0.3) is 5.91 Å². The lowest BCUT2D eigenvalue weighted by Crippen LogP contribution is -2.42. The Morgan fingerprint density at radius 1 is 1.06 bits per heavy atom. The molecule has 2 amide bonds. The molecule has 1 aliphatic carbocycles. The summed E-state index contributed by atoms with van der Waals surface area (Å²) < 4.78 is 15.9. The Bertz CT molecular complexity index is 951. The van der Waals surface area contributed by atoms with Crippen molar-refractivity contribution in [2.75, 3.05) is 32.6 Å². The van der Waals surface area contributed by atoms with Gasteiger partial charge in [-0.1, -0.05) is 24.4 Å². The van der Waals surface area contributed by atoms with Crippen LogP contribution in [0.3, 0.4) is 0 Å². The molecule has 0 bridgehead atoms. The molecule has 172 valence electrons. The van der Waals surface area contributed by atoms with Crippen LogP contribution in [-0.4, -0.2) is 49.2 Å². The number of aromatic nitrogens is 1. The largest absolute Gasteiger partial charge is 0.497 e. The molecule has 8 heteroatoms. The van der Waals surface area contributed by atoms with Gasteiger partial charge in [0, 0.05) is 37.1 Å². The second-order valence-electron chi connectivity index (χ2n) is 8.59. The molecule has 2 heterocycles. The Morgan fingerprint density at radius 2 is 1.88 bits per heavy atom. The highest BCUT2D eigenvalue weighted by Gasteiger charge is 2.31. The molecule has 1 aliphatic heterocycles. The minimum Gasteiger partial charge on any atom is -0.497 e. The molecule has 1 saturated carbocycles. The molecule has 1 unspecified atom stereocenters. The maximum atomic E-state index is 12.9. The number of amides is 2. The molecule has 1 saturated heterocycles. The summed E-state index contributed by atoms with van der Waals surface area (Å²) in [5.74, 6) is 1.37. The van der Waals surface area contributed by atoms with Gasteiger partial charge in [0.05, 0.1) is 25.6 Å². The molecule has 0 spiro atoms. The summed E-state index contributed by atoms with van der Waals surface area (Å²) in [5, 5.41) is 6.95. The molecule has 1 aromatic heterocycles. The molecular weight excluding hydrogens is 410 g/mol. The van der Waals surface area contributed by atoms with E-state index in [4.69, 9.17) is 14.0 Å². The Kier molecular flexibility index (Phi) is 6.97. The zero-order chi connectivity index (χ0) is 22.5. The van der Waals surface area contributed by atoms with Crippen molar-refractivity contribution in [1.29, 1.82) is 0 Å². The zero-order valence-electron chi connectivity index (χ0n) is 18.8. The Hall–Kier alpha value is -3.03. The predicted molar refractivity (Wildman–Crippen MR) is 119 cm³/mol. The SMILES string of the molecule is COc1ccc(NC(=O)c2cc(C3CCCN(C(=O)C4CCCCC4)C3)no2)c(OC)c1. The van der Waals surface area contributed by atoms with Gasteiger partial charge in [-0.25, -0.2) is 0 Å². The van der Waals surface area contributed by atoms with E-state index in [1.807, 2.05) is 4.90 Å². The van der Waals surface area contributed by atoms with Gasteiger partial charge < -0.3 is 24.2 Å². The summed E-state index contributed by atoms with van der Waals surface area (Å²) in [4.78, 5) is 27.7. The molecule has 4 rings (SSSR count). The topological polar surface area (TPSA) is 93.9 Å². The fourth-order valence-corrected chi connectivity index (χ4v) is 4.70. The van der Waals surface area contributed by atoms with Crippen LogP contribution in [0.2, 0.25) is 0 Å². The van der Waals surface area contributed by atoms with Gasteiger partial charge in [-0.2, -0.15) is 0 Å². The molecule has 1 N–H and O–H groups in total. The summed E-state index contributed by atoms with van der Waals surface area (Å²) >= 11 is 0. The maximum absolute atomic E-state index is 12.9. The summed E-state index contributed by atoms with van der Waals surface area (Å²) in [6.07, 6.45) is 7.39. The smallest absolute Gasteiger partial charge is 0.294 e. The molecule has 8 nitrogen and oxygen atoms in total. The second-order valence-corrected chi connectivity index (χ2v) is 8.59. The Morgan fingerprint density at radius 3 is 2.62 bits per heavy atom. The van der Waals surface area contributed by atoms with Crippen LogP contribution in [-0.2, 0) is 4.79 Å². The van der Waals surface area contributed by atoms with Gasteiger partial charge in [0.2, 0.25) is 11.7 Å². The van der Waals surface area contributed by atoms with E-state index in [1.54, 1.807) is 31.4 Å². The molecule has 2 fully saturated rings. The maximum Gasteiger partial charge on any atom is 0.294 e. The van der Waals surface area contributed by atoms with E-state index in [0.717, 1.165) is 50.8 Å². The number of rotatable bonds is 6. The van der Waals surface area contributed by atoms with Crippen molar-refractivity contribution in [3.8, 4) is 11.5 Å². The summed E-state index contributed by atoms with van der Waals surface area (Å²) in [7, 11) is 3.10. The highest BCUT2D eigenvalue weighted by atomic mass is 16.5. The number of benzene rings is 1. The summed E-state index contributed by atoms with van der Waals surface area (Å²) in [6.45, 7) is 1.43. The first-order valence-electron chi connectivity index (χ1n) is 11.4. The van der Waals surface area contributed by atoms with Crippen LogP contribution in [0.25, 0.3) is 0 Å². The average molecular weight is 442 g/mol. The van der Waals surface area contributed by atoms with Crippen LogP contribution in [0.5, 0.6) is 11.5 Å². The standard InChI is InChI=1S/C24H31N3O5/c1-30-18-10-11-19(21(13-18)31-2)25-23(28)22-14-20(26-32-22)17-9-6-12-27(15-17)24(29)16-7-4-3-5-8-16/h10-11,13-14,16-17H,3-9,12,15H2,1-2H3,(H,25,28). The molecule has 0 radical (unpaired) electrons. The van der Waals surface area contributed by atoms with Crippen molar-refractivity contribution in [2.24, 2.45) is 5.92 Å². The van der Waals surface area contributed by atoms with Crippen molar-refractivity contribution in [1.82, 2.24) is 10.1 Å². The quantitative estimate of drug-likeness (QED) is 0.721. The van der Waals surface area contributed by atoms with Crippen molar-refractivity contribution in [3.63, 3.8) is 0 Å². The lowest BCUT2D eigenvalue weighted by atomic mass is 9.87. The van der Waals surface area contributed by atoms with Gasteiger partial charge >= 0.3 is 0 Å². The molecule has 1 atom stereocenters. The minimum atomic E-state index is -0.404. The number of ether oxygens (including phenoxy) is 2. The predicted octanol–water partition coefficient (Wildman–Crippen LogP) is 4.23. The van der Waals surface area contributed by atoms with Gasteiger partial charge in [0.1, 0.15) is 11.5 Å². The lowest BCUT2D eigenvalue weighted by molar-refractivity contribution is -0.137. The minimum absolute atomic E-state index is 0.0807. The third-order valence-corrected chi connectivity index (χ3v) is 6.51. The molecular formula is C24H31N3O5. The molecule has 1 aromatic carbocycles. The monoisotopic (exact) mass is 441 g/mol. The van der Waals surface area contributed by atoms with Crippen LogP contribution >= 0.6 is 0 Å². The molecule has 32 heavy (non-hydrogen) atoms. The first-order chi connectivity index (χ1) is 15.6. The highest BCUT2D eigenvalue weighted by molar-refractivity contribution is 6.03. The van der Waals surface area contributed by atoms with E-state index in [2.05, 4.69) is 10.5 Å². The fraction of sp³-hybridized carbons (Fsp3) is 0.542. The second kappa shape index (κ2) is 10.1. The lowest BCUT2D eigenvalue weighted by Gasteiger charge is -2.35. The Balaban J connectivity index is 1.40. The number of methoxy groups -OCH3 is 2. The van der Waals surface area contributed by atoms with E-state index in [9.17, 15) is 9.59 Å². The van der Waals surface area contributed by atoms with Gasteiger partial charge in [-0.05, 0) is 37.8 Å². The highest BCUT2D eigenvalue weighted by Crippen LogP contribution is 2.32. The van der Waals surface area contributed by atoms with Crippen LogP contribution in [0.15, 0.2) is 28.8 Å². The number of likely N-dealkylation sites (tertiary alicyclic amines) is 1. The number of carbonyl (C=O) groups excluding carboxylic acids is 2. The third kappa shape index (κ3) is 4.89. The summed E-state index contributed by atoms with van der Waals surface area (Å²) in [6, 6.07) is 6.83. The van der Waals surface area contributed by atoms with Crippen LogP contribution in [0, 0.1) is 5.92 Å². The molecule has 2 aliphatic rings. The number of piperidine rings is 1. The number of anilines is 1. The van der Waals surface area contributed by atoms with E-state index >= 15 is 0 Å². The van der Waals surface area contributed by atoms with Crippen molar-refractivity contribution < 1.29 is 23.6 Å². The normalized spacial score (nSPS) is 19.4. The first-order valence-corrected chi connectivity index (χ1v) is 11.4. The van der Waals surface area contributed by atoms with Crippen LogP contribution < -0.4 is 14.8 Å². The van der Waals surface area contributed by atoms with E-state index in [0.29, 0.717) is 23.7 Å². The fourth-order valence-electron chi connectivity index (χ4n) is 4.70.